The first-order valence-electron chi connectivity index (χ1n) is 8.25. The van der Waals surface area contributed by atoms with Gasteiger partial charge in [0, 0.05) is 19.0 Å². The lowest BCUT2D eigenvalue weighted by Crippen LogP contribution is -2.32. The van der Waals surface area contributed by atoms with Gasteiger partial charge in [-0.3, -0.25) is 4.79 Å². The van der Waals surface area contributed by atoms with E-state index in [0.717, 1.165) is 13.0 Å². The Balaban J connectivity index is 0.00000312. The Morgan fingerprint density at radius 2 is 1.96 bits per heavy atom. The summed E-state index contributed by atoms with van der Waals surface area (Å²) < 4.78 is 15.5. The van der Waals surface area contributed by atoms with Gasteiger partial charge in [-0.25, -0.2) is 14.1 Å². The van der Waals surface area contributed by atoms with Crippen molar-refractivity contribution in [1.29, 1.82) is 0 Å². The number of nitrogens with one attached hydrogen (secondary N) is 2. The highest BCUT2D eigenvalue weighted by atomic mass is 35.5. The summed E-state index contributed by atoms with van der Waals surface area (Å²) in [5.41, 5.74) is 0.289. The van der Waals surface area contributed by atoms with Crippen LogP contribution < -0.4 is 10.6 Å². The van der Waals surface area contributed by atoms with Crippen molar-refractivity contribution in [2.24, 2.45) is 0 Å². The van der Waals surface area contributed by atoms with Gasteiger partial charge in [0.2, 0.25) is 5.82 Å². The Labute approximate surface area is 153 Å². The number of carbonyl (C=O) groups is 1. The van der Waals surface area contributed by atoms with E-state index in [9.17, 15) is 9.18 Å². The topological polar surface area (TPSA) is 71.8 Å². The maximum atomic E-state index is 14.1. The van der Waals surface area contributed by atoms with E-state index in [1.165, 1.54) is 10.7 Å². The van der Waals surface area contributed by atoms with Gasteiger partial charge >= 0.3 is 0 Å². The van der Waals surface area contributed by atoms with Crippen molar-refractivity contribution in [1.82, 2.24) is 25.4 Å². The van der Waals surface area contributed by atoms with Crippen molar-refractivity contribution in [3.05, 3.63) is 41.7 Å². The highest BCUT2D eigenvalue weighted by molar-refractivity contribution is 5.90. The number of hydrogen-bond acceptors (Lipinski definition) is 4. The van der Waals surface area contributed by atoms with Crippen LogP contribution in [0.1, 0.15) is 49.6 Å². The maximum Gasteiger partial charge on any atom is 0.291 e. The average Bonchev–Trinajstić information content (AvgIpc) is 3.00. The van der Waals surface area contributed by atoms with E-state index < -0.39 is 5.82 Å². The molecule has 0 spiro atoms. The van der Waals surface area contributed by atoms with Gasteiger partial charge in [-0.2, -0.15) is 0 Å². The molecule has 25 heavy (non-hydrogen) atoms. The van der Waals surface area contributed by atoms with Crippen LogP contribution in [0.15, 0.2) is 24.3 Å². The van der Waals surface area contributed by atoms with Crippen molar-refractivity contribution in [2.45, 2.75) is 33.1 Å². The zero-order valence-electron chi connectivity index (χ0n) is 14.8. The fourth-order valence-corrected chi connectivity index (χ4v) is 2.24. The maximum absolute atomic E-state index is 14.1. The molecule has 0 bridgehead atoms. The van der Waals surface area contributed by atoms with Crippen molar-refractivity contribution < 1.29 is 9.18 Å². The van der Waals surface area contributed by atoms with Gasteiger partial charge in [-0.05, 0) is 25.1 Å². The molecule has 138 valence electrons. The second-order valence-electron chi connectivity index (χ2n) is 5.82. The minimum Gasteiger partial charge on any atom is -0.348 e. The van der Waals surface area contributed by atoms with Crippen molar-refractivity contribution in [3.63, 3.8) is 0 Å². The van der Waals surface area contributed by atoms with Crippen LogP contribution in [0.4, 0.5) is 4.39 Å². The van der Waals surface area contributed by atoms with Crippen molar-refractivity contribution in [2.75, 3.05) is 19.6 Å². The Kier molecular flexibility index (Phi) is 8.51. The van der Waals surface area contributed by atoms with Crippen LogP contribution in [0.25, 0.3) is 5.69 Å². The molecule has 0 fully saturated rings. The smallest absolute Gasteiger partial charge is 0.291 e. The molecule has 0 saturated carbocycles. The number of amides is 1. The molecule has 1 heterocycles. The summed E-state index contributed by atoms with van der Waals surface area (Å²) in [5, 5.41) is 10.2. The Morgan fingerprint density at radius 1 is 1.24 bits per heavy atom. The number of aromatic nitrogens is 3. The molecule has 2 N–H and O–H groups in total. The number of rotatable bonds is 8. The standard InChI is InChI=1S/C17H24FN5O.ClH/c1-4-9-19-10-11-20-17(24)15-21-16(12(2)3)23(22-15)14-8-6-5-7-13(14)18;/h5-8,12,19H,4,9-11H2,1-3H3,(H,20,24);1H. The van der Waals surface area contributed by atoms with E-state index in [2.05, 4.69) is 27.6 Å². The molecule has 1 amide bonds. The largest absolute Gasteiger partial charge is 0.348 e. The molecule has 0 aliphatic rings. The van der Waals surface area contributed by atoms with Gasteiger partial charge in [-0.15, -0.1) is 17.5 Å². The molecule has 0 atom stereocenters. The number of benzene rings is 1. The third-order valence-corrected chi connectivity index (χ3v) is 3.45. The van der Waals surface area contributed by atoms with Crippen LogP contribution in [0.5, 0.6) is 0 Å². The molecule has 0 unspecified atom stereocenters. The minimum atomic E-state index is -0.403. The molecule has 1 aromatic carbocycles. The Bertz CT molecular complexity index is 689. The molecule has 0 radical (unpaired) electrons. The zero-order chi connectivity index (χ0) is 17.5. The third-order valence-electron chi connectivity index (χ3n) is 3.45. The molecule has 0 saturated heterocycles. The number of halogens is 2. The average molecular weight is 370 g/mol. The third kappa shape index (κ3) is 5.51. The summed E-state index contributed by atoms with van der Waals surface area (Å²) in [6, 6.07) is 6.32. The first kappa shape index (κ1) is 21.1. The monoisotopic (exact) mass is 369 g/mol. The van der Waals surface area contributed by atoms with Gasteiger partial charge in [0.25, 0.3) is 5.91 Å². The molecule has 0 aliphatic carbocycles. The van der Waals surface area contributed by atoms with Crippen LogP contribution in [0.3, 0.4) is 0 Å². The van der Waals surface area contributed by atoms with Crippen LogP contribution >= 0.6 is 12.4 Å². The fourth-order valence-electron chi connectivity index (χ4n) is 2.24. The quantitative estimate of drug-likeness (QED) is 0.702. The number of hydrogen-bond donors (Lipinski definition) is 2. The second kappa shape index (κ2) is 10.1. The molecule has 2 aromatic rings. The Hall–Kier alpha value is -1.99. The lowest BCUT2D eigenvalue weighted by Gasteiger charge is -2.08. The lowest BCUT2D eigenvalue weighted by molar-refractivity contribution is 0.0943. The van der Waals surface area contributed by atoms with E-state index in [-0.39, 0.29) is 35.7 Å². The molecule has 8 heteroatoms. The van der Waals surface area contributed by atoms with E-state index in [1.807, 2.05) is 13.8 Å². The predicted octanol–water partition coefficient (Wildman–Crippen LogP) is 2.68. The highest BCUT2D eigenvalue weighted by Gasteiger charge is 2.20. The normalized spacial score (nSPS) is 10.6. The molecule has 6 nitrogen and oxygen atoms in total. The van der Waals surface area contributed by atoms with Gasteiger partial charge in [-0.1, -0.05) is 32.9 Å². The second-order valence-corrected chi connectivity index (χ2v) is 5.82. The van der Waals surface area contributed by atoms with Gasteiger partial charge < -0.3 is 10.6 Å². The van der Waals surface area contributed by atoms with Gasteiger partial charge in [0.05, 0.1) is 0 Å². The van der Waals surface area contributed by atoms with Gasteiger partial charge in [0.15, 0.2) is 0 Å². The van der Waals surface area contributed by atoms with Gasteiger partial charge in [0.1, 0.15) is 17.3 Å². The summed E-state index contributed by atoms with van der Waals surface area (Å²) >= 11 is 0. The summed E-state index contributed by atoms with van der Waals surface area (Å²) in [6.07, 6.45) is 1.04. The lowest BCUT2D eigenvalue weighted by atomic mass is 10.2. The molecule has 2 rings (SSSR count). The van der Waals surface area contributed by atoms with Crippen molar-refractivity contribution >= 4 is 18.3 Å². The number of para-hydroxylation sites is 1. The van der Waals surface area contributed by atoms with E-state index >= 15 is 0 Å². The Morgan fingerprint density at radius 3 is 2.60 bits per heavy atom. The number of carbonyl (C=O) groups excluding carboxylic acids is 1. The minimum absolute atomic E-state index is 0. The SMILES string of the molecule is CCCNCCNC(=O)c1nc(C(C)C)n(-c2ccccc2F)n1.Cl. The summed E-state index contributed by atoms with van der Waals surface area (Å²) in [4.78, 5) is 16.5. The zero-order valence-corrected chi connectivity index (χ0v) is 15.6. The molecular weight excluding hydrogens is 345 g/mol. The molecular formula is C17H25ClFN5O. The summed E-state index contributed by atoms with van der Waals surface area (Å²) in [5.74, 6) is -0.151. The first-order valence-corrected chi connectivity index (χ1v) is 8.25. The van der Waals surface area contributed by atoms with Crippen LogP contribution in [0, 0.1) is 5.82 Å². The van der Waals surface area contributed by atoms with E-state index in [0.29, 0.717) is 18.9 Å². The fraction of sp³-hybridized carbons (Fsp3) is 0.471. The highest BCUT2D eigenvalue weighted by Crippen LogP contribution is 2.19. The number of nitrogens with zero attached hydrogens (tertiary/aromatic N) is 3. The van der Waals surface area contributed by atoms with E-state index in [1.54, 1.807) is 18.2 Å². The van der Waals surface area contributed by atoms with E-state index in [4.69, 9.17) is 0 Å². The predicted molar refractivity (Wildman–Crippen MR) is 98.1 cm³/mol. The molecule has 1 aromatic heterocycles. The van der Waals surface area contributed by atoms with Crippen LogP contribution in [0.2, 0.25) is 0 Å². The summed E-state index contributed by atoms with van der Waals surface area (Å²) in [6.45, 7) is 8.02. The van der Waals surface area contributed by atoms with Crippen LogP contribution in [-0.4, -0.2) is 40.3 Å². The van der Waals surface area contributed by atoms with Crippen molar-refractivity contribution in [3.8, 4) is 5.69 Å². The summed E-state index contributed by atoms with van der Waals surface area (Å²) in [7, 11) is 0. The molecule has 0 aliphatic heterocycles. The van der Waals surface area contributed by atoms with Crippen LogP contribution in [-0.2, 0) is 0 Å². The first-order chi connectivity index (χ1) is 11.5.